The highest BCUT2D eigenvalue weighted by Gasteiger charge is 2.30. The van der Waals surface area contributed by atoms with Gasteiger partial charge in [0.1, 0.15) is 0 Å². The van der Waals surface area contributed by atoms with Gasteiger partial charge >= 0.3 is 0 Å². The average Bonchev–Trinajstić information content (AvgIpc) is 3.30. The molecule has 31 heavy (non-hydrogen) atoms. The van der Waals surface area contributed by atoms with Crippen LogP contribution < -0.4 is 5.32 Å². The van der Waals surface area contributed by atoms with E-state index in [0.717, 1.165) is 71.2 Å². The molecule has 0 aromatic heterocycles. The molecule has 3 aliphatic rings. The normalized spacial score (nSPS) is 24.1. The molecule has 3 fully saturated rings. The predicted molar refractivity (Wildman–Crippen MR) is 138 cm³/mol. The van der Waals surface area contributed by atoms with Gasteiger partial charge in [-0.2, -0.15) is 0 Å². The third kappa shape index (κ3) is 7.71. The monoisotopic (exact) mass is 549 g/mol. The topological polar surface area (TPSA) is 57.7 Å². The first-order chi connectivity index (χ1) is 14.5. The molecule has 0 aliphatic carbocycles. The minimum absolute atomic E-state index is 0. The zero-order valence-electron chi connectivity index (χ0n) is 20.1. The van der Waals surface area contributed by atoms with Crippen molar-refractivity contribution in [1.29, 1.82) is 0 Å². The van der Waals surface area contributed by atoms with E-state index in [0.29, 0.717) is 11.8 Å². The van der Waals surface area contributed by atoms with E-state index in [2.05, 4.69) is 50.8 Å². The average molecular weight is 550 g/mol. The quantitative estimate of drug-likeness (QED) is 0.299. The molecule has 180 valence electrons. The largest absolute Gasteiger partial charge is 0.356 e. The Labute approximate surface area is 206 Å². The molecular formula is C22H44IN7O. The minimum atomic E-state index is -0.0103. The molecule has 0 aromatic rings. The number of carbonyl (C=O) groups is 1. The lowest BCUT2D eigenvalue weighted by molar-refractivity contribution is -0.135. The zero-order valence-corrected chi connectivity index (χ0v) is 22.4. The number of nitrogens with zero attached hydrogens (tertiary/aromatic N) is 6. The van der Waals surface area contributed by atoms with E-state index in [1.165, 1.54) is 26.2 Å². The van der Waals surface area contributed by atoms with Gasteiger partial charge in [0.15, 0.2) is 5.96 Å². The Bertz CT molecular complexity index is 568. The minimum Gasteiger partial charge on any atom is -0.356 e. The van der Waals surface area contributed by atoms with Gasteiger partial charge in [0.05, 0.1) is 6.04 Å². The van der Waals surface area contributed by atoms with Crippen LogP contribution in [0.15, 0.2) is 4.99 Å². The number of guanidine groups is 1. The molecule has 2 atom stereocenters. The molecule has 1 N–H and O–H groups in total. The van der Waals surface area contributed by atoms with Crippen molar-refractivity contribution in [3.8, 4) is 0 Å². The van der Waals surface area contributed by atoms with Crippen LogP contribution in [0.5, 0.6) is 0 Å². The van der Waals surface area contributed by atoms with Crippen LogP contribution in [0.25, 0.3) is 0 Å². The van der Waals surface area contributed by atoms with E-state index >= 15 is 0 Å². The van der Waals surface area contributed by atoms with E-state index in [1.54, 1.807) is 0 Å². The number of halogens is 1. The van der Waals surface area contributed by atoms with Crippen molar-refractivity contribution >= 4 is 35.8 Å². The van der Waals surface area contributed by atoms with Crippen LogP contribution in [-0.2, 0) is 4.79 Å². The van der Waals surface area contributed by atoms with E-state index < -0.39 is 0 Å². The Morgan fingerprint density at radius 1 is 0.903 bits per heavy atom. The molecule has 8 nitrogen and oxygen atoms in total. The van der Waals surface area contributed by atoms with Gasteiger partial charge < -0.3 is 24.9 Å². The number of aliphatic imine (C=N–C) groups is 1. The highest BCUT2D eigenvalue weighted by Crippen LogP contribution is 2.14. The molecule has 0 saturated carbocycles. The summed E-state index contributed by atoms with van der Waals surface area (Å²) in [6.45, 7) is 16.7. The number of likely N-dealkylation sites (N-methyl/N-ethyl adjacent to an activating group) is 1. The molecule has 3 aliphatic heterocycles. The fraction of sp³-hybridized carbons (Fsp3) is 0.909. The summed E-state index contributed by atoms with van der Waals surface area (Å²) in [7, 11) is 4.08. The lowest BCUT2D eigenvalue weighted by Crippen LogP contribution is -2.57. The van der Waals surface area contributed by atoms with Gasteiger partial charge in [-0.25, -0.2) is 0 Å². The Morgan fingerprint density at radius 2 is 1.52 bits per heavy atom. The van der Waals surface area contributed by atoms with Crippen LogP contribution in [0.3, 0.4) is 0 Å². The molecule has 0 bridgehead atoms. The third-order valence-corrected chi connectivity index (χ3v) is 6.92. The van der Waals surface area contributed by atoms with Gasteiger partial charge in [-0.15, -0.1) is 24.0 Å². The van der Waals surface area contributed by atoms with E-state index in [-0.39, 0.29) is 30.0 Å². The maximum Gasteiger partial charge on any atom is 0.239 e. The molecule has 0 spiro atoms. The number of hydrogen-bond acceptors (Lipinski definition) is 5. The van der Waals surface area contributed by atoms with E-state index in [9.17, 15) is 4.79 Å². The maximum absolute atomic E-state index is 12.7. The number of rotatable bonds is 6. The number of likely N-dealkylation sites (tertiary alicyclic amines) is 1. The summed E-state index contributed by atoms with van der Waals surface area (Å²) in [6, 6.07) is -0.0103. The Kier molecular flexibility index (Phi) is 11.3. The lowest BCUT2D eigenvalue weighted by Gasteiger charge is -2.40. The molecule has 1 amide bonds. The van der Waals surface area contributed by atoms with Gasteiger partial charge in [-0.05, 0) is 32.7 Å². The van der Waals surface area contributed by atoms with E-state index in [1.807, 2.05) is 11.9 Å². The standard InChI is InChI=1S/C22H43N7O.HI/c1-19(18-26-11-9-25(4)10-12-26)17-24-22(23-3)29-15-13-27(14-16-29)20(2)21(30)28-7-5-6-8-28;/h19-20H,5-18H2,1-4H3,(H,23,24);1H. The second kappa shape index (κ2) is 13.2. The third-order valence-electron chi connectivity index (χ3n) is 6.92. The first-order valence-electron chi connectivity index (χ1n) is 11.9. The fourth-order valence-electron chi connectivity index (χ4n) is 4.81. The number of carbonyl (C=O) groups excluding carboxylic acids is 1. The molecule has 0 aromatic carbocycles. The first kappa shape index (κ1) is 26.6. The molecule has 9 heteroatoms. The summed E-state index contributed by atoms with van der Waals surface area (Å²) in [6.07, 6.45) is 2.31. The Hall–Kier alpha value is -0.650. The molecule has 3 saturated heterocycles. The van der Waals surface area contributed by atoms with Crippen LogP contribution >= 0.6 is 24.0 Å². The summed E-state index contributed by atoms with van der Waals surface area (Å²) >= 11 is 0. The second-order valence-corrected chi connectivity index (χ2v) is 9.37. The molecule has 0 radical (unpaired) electrons. The van der Waals surface area contributed by atoms with Crippen LogP contribution in [0.4, 0.5) is 0 Å². The summed E-state index contributed by atoms with van der Waals surface area (Å²) in [4.78, 5) is 28.9. The summed E-state index contributed by atoms with van der Waals surface area (Å²) < 4.78 is 0. The van der Waals surface area contributed by atoms with Crippen molar-refractivity contribution in [2.75, 3.05) is 92.6 Å². The zero-order chi connectivity index (χ0) is 21.5. The summed E-state index contributed by atoms with van der Waals surface area (Å²) in [5.41, 5.74) is 0. The van der Waals surface area contributed by atoms with Gasteiger partial charge in [-0.3, -0.25) is 14.7 Å². The van der Waals surface area contributed by atoms with Gasteiger partial charge in [0.2, 0.25) is 5.91 Å². The van der Waals surface area contributed by atoms with Crippen molar-refractivity contribution in [2.24, 2.45) is 10.9 Å². The van der Waals surface area contributed by atoms with Gasteiger partial charge in [0, 0.05) is 85.6 Å². The maximum atomic E-state index is 12.7. The predicted octanol–water partition coefficient (Wildman–Crippen LogP) is 0.692. The van der Waals surface area contributed by atoms with E-state index in [4.69, 9.17) is 0 Å². The summed E-state index contributed by atoms with van der Waals surface area (Å²) in [5, 5.41) is 3.59. The van der Waals surface area contributed by atoms with Crippen LogP contribution in [-0.4, -0.2) is 135 Å². The number of nitrogens with one attached hydrogen (secondary N) is 1. The number of hydrogen-bond donors (Lipinski definition) is 1. The van der Waals surface area contributed by atoms with Crippen molar-refractivity contribution in [3.05, 3.63) is 0 Å². The van der Waals surface area contributed by atoms with Crippen LogP contribution in [0, 0.1) is 5.92 Å². The van der Waals surface area contributed by atoms with Crippen LogP contribution in [0.2, 0.25) is 0 Å². The molecular weight excluding hydrogens is 505 g/mol. The first-order valence-corrected chi connectivity index (χ1v) is 11.9. The Balaban J connectivity index is 0.00000341. The lowest BCUT2D eigenvalue weighted by atomic mass is 10.1. The molecule has 3 rings (SSSR count). The highest BCUT2D eigenvalue weighted by atomic mass is 127. The second-order valence-electron chi connectivity index (χ2n) is 9.37. The van der Waals surface area contributed by atoms with Crippen molar-refractivity contribution in [2.45, 2.75) is 32.7 Å². The molecule has 3 heterocycles. The van der Waals surface area contributed by atoms with Gasteiger partial charge in [0.25, 0.3) is 0 Å². The number of piperazine rings is 2. The van der Waals surface area contributed by atoms with Crippen molar-refractivity contribution in [1.82, 2.24) is 29.8 Å². The van der Waals surface area contributed by atoms with Crippen molar-refractivity contribution < 1.29 is 4.79 Å². The Morgan fingerprint density at radius 3 is 2.10 bits per heavy atom. The smallest absolute Gasteiger partial charge is 0.239 e. The highest BCUT2D eigenvalue weighted by molar-refractivity contribution is 14.0. The number of amides is 1. The van der Waals surface area contributed by atoms with Crippen LogP contribution in [0.1, 0.15) is 26.7 Å². The van der Waals surface area contributed by atoms with Crippen molar-refractivity contribution in [3.63, 3.8) is 0 Å². The fourth-order valence-corrected chi connectivity index (χ4v) is 4.81. The van der Waals surface area contributed by atoms with Gasteiger partial charge in [-0.1, -0.05) is 6.92 Å². The SMILES string of the molecule is CN=C(NCC(C)CN1CCN(C)CC1)N1CCN(C(C)C(=O)N2CCCC2)CC1.I. The summed E-state index contributed by atoms with van der Waals surface area (Å²) in [5.74, 6) is 1.89. The molecule has 2 unspecified atom stereocenters.